The molecule has 2 aromatic heterocycles. The van der Waals surface area contributed by atoms with Crippen LogP contribution in [-0.4, -0.2) is 31.1 Å². The lowest BCUT2D eigenvalue weighted by Crippen LogP contribution is -2.12. The van der Waals surface area contributed by atoms with E-state index in [9.17, 15) is 4.79 Å². The first-order valence-corrected chi connectivity index (χ1v) is 8.62. The highest BCUT2D eigenvalue weighted by Gasteiger charge is 2.08. The maximum absolute atomic E-state index is 12.6. The van der Waals surface area contributed by atoms with Gasteiger partial charge < -0.3 is 5.32 Å². The van der Waals surface area contributed by atoms with Crippen molar-refractivity contribution in [3.05, 3.63) is 96.1 Å². The van der Waals surface area contributed by atoms with Crippen LogP contribution in [0.2, 0.25) is 0 Å². The van der Waals surface area contributed by atoms with Gasteiger partial charge in [0.2, 0.25) is 0 Å². The second-order valence-corrected chi connectivity index (χ2v) is 5.97. The van der Waals surface area contributed by atoms with Crippen molar-refractivity contribution in [3.8, 4) is 5.69 Å². The summed E-state index contributed by atoms with van der Waals surface area (Å²) in [6.07, 6.45) is 7.11. The quantitative estimate of drug-likeness (QED) is 0.583. The molecule has 0 bridgehead atoms. The van der Waals surface area contributed by atoms with Crippen LogP contribution in [0.1, 0.15) is 21.6 Å². The van der Waals surface area contributed by atoms with Gasteiger partial charge in [-0.1, -0.05) is 30.3 Å². The third-order valence-corrected chi connectivity index (χ3v) is 4.00. The van der Waals surface area contributed by atoms with E-state index in [1.165, 1.54) is 11.0 Å². The SMILES string of the molecule is O=C(Nc1cccc(/C=C/c2ccccn2)c1)c1cccc(-n2cnnn2)c1. The molecule has 136 valence electrons. The first kappa shape index (κ1) is 17.3. The molecule has 0 aliphatic rings. The van der Waals surface area contributed by atoms with Gasteiger partial charge in [-0.25, -0.2) is 4.68 Å². The highest BCUT2D eigenvalue weighted by molar-refractivity contribution is 6.04. The van der Waals surface area contributed by atoms with Gasteiger partial charge >= 0.3 is 0 Å². The van der Waals surface area contributed by atoms with Gasteiger partial charge in [-0.2, -0.15) is 0 Å². The Hall–Kier alpha value is -4.13. The van der Waals surface area contributed by atoms with E-state index in [-0.39, 0.29) is 5.91 Å². The molecular weight excluding hydrogens is 352 g/mol. The molecule has 0 aliphatic heterocycles. The number of carbonyl (C=O) groups excluding carboxylic acids is 1. The fraction of sp³-hybridized carbons (Fsp3) is 0. The Balaban J connectivity index is 1.49. The fourth-order valence-electron chi connectivity index (χ4n) is 2.65. The molecule has 0 unspecified atom stereocenters. The zero-order chi connectivity index (χ0) is 19.2. The van der Waals surface area contributed by atoms with Crippen molar-refractivity contribution < 1.29 is 4.79 Å². The standard InChI is InChI=1S/C21H16N6O/c28-21(17-6-4-9-20(14-17)27-15-23-25-26-27)24-19-8-3-5-16(13-19)10-11-18-7-1-2-12-22-18/h1-15H,(H,24,28)/b11-10+. The van der Waals surface area contributed by atoms with Crippen LogP contribution >= 0.6 is 0 Å². The van der Waals surface area contributed by atoms with Crippen molar-refractivity contribution in [2.75, 3.05) is 5.32 Å². The van der Waals surface area contributed by atoms with E-state index in [1.54, 1.807) is 24.4 Å². The highest BCUT2D eigenvalue weighted by Crippen LogP contribution is 2.16. The molecule has 2 aromatic carbocycles. The van der Waals surface area contributed by atoms with Gasteiger partial charge in [-0.05, 0) is 64.5 Å². The van der Waals surface area contributed by atoms with Gasteiger partial charge in [0.05, 0.1) is 11.4 Å². The average Bonchev–Trinajstić information content (AvgIpc) is 3.28. The molecule has 0 saturated heterocycles. The summed E-state index contributed by atoms with van der Waals surface area (Å²) in [6, 6.07) is 20.5. The minimum atomic E-state index is -0.208. The van der Waals surface area contributed by atoms with Gasteiger partial charge in [-0.15, -0.1) is 5.10 Å². The second kappa shape index (κ2) is 8.05. The molecule has 7 heteroatoms. The summed E-state index contributed by atoms with van der Waals surface area (Å²) in [5.41, 5.74) is 3.77. The van der Waals surface area contributed by atoms with Crippen LogP contribution in [0.15, 0.2) is 79.3 Å². The van der Waals surface area contributed by atoms with Crippen LogP contribution in [-0.2, 0) is 0 Å². The van der Waals surface area contributed by atoms with Crippen molar-refractivity contribution in [3.63, 3.8) is 0 Å². The summed E-state index contributed by atoms with van der Waals surface area (Å²) < 4.78 is 1.50. The lowest BCUT2D eigenvalue weighted by atomic mass is 10.1. The Morgan fingerprint density at radius 3 is 2.71 bits per heavy atom. The largest absolute Gasteiger partial charge is 0.322 e. The number of nitrogens with one attached hydrogen (secondary N) is 1. The molecule has 0 spiro atoms. The van der Waals surface area contributed by atoms with Crippen molar-refractivity contribution in [1.29, 1.82) is 0 Å². The number of tetrazole rings is 1. The van der Waals surface area contributed by atoms with Crippen LogP contribution in [0, 0.1) is 0 Å². The number of rotatable bonds is 5. The second-order valence-electron chi connectivity index (χ2n) is 5.97. The minimum Gasteiger partial charge on any atom is -0.322 e. The third kappa shape index (κ3) is 4.16. The summed E-state index contributed by atoms with van der Waals surface area (Å²) in [6.45, 7) is 0. The summed E-state index contributed by atoms with van der Waals surface area (Å²) in [4.78, 5) is 16.9. The molecule has 1 N–H and O–H groups in total. The normalized spacial score (nSPS) is 10.9. The molecule has 0 radical (unpaired) electrons. The van der Waals surface area contributed by atoms with Crippen LogP contribution in [0.3, 0.4) is 0 Å². The third-order valence-electron chi connectivity index (χ3n) is 4.00. The predicted molar refractivity (Wildman–Crippen MR) is 107 cm³/mol. The molecule has 0 aliphatic carbocycles. The van der Waals surface area contributed by atoms with Crippen molar-refractivity contribution in [2.45, 2.75) is 0 Å². The zero-order valence-corrected chi connectivity index (χ0v) is 14.8. The van der Waals surface area contributed by atoms with Gasteiger partial charge in [0.25, 0.3) is 5.91 Å². The Morgan fingerprint density at radius 2 is 1.89 bits per heavy atom. The molecule has 4 rings (SSSR count). The Kier molecular flexibility index (Phi) is 4.97. The highest BCUT2D eigenvalue weighted by atomic mass is 16.1. The molecular formula is C21H16N6O. The molecule has 0 saturated carbocycles. The molecule has 4 aromatic rings. The first-order valence-electron chi connectivity index (χ1n) is 8.62. The lowest BCUT2D eigenvalue weighted by Gasteiger charge is -2.07. The number of nitrogens with zero attached hydrogens (tertiary/aromatic N) is 5. The molecule has 0 atom stereocenters. The maximum atomic E-state index is 12.6. The van der Waals surface area contributed by atoms with Gasteiger partial charge in [0.15, 0.2) is 0 Å². The number of anilines is 1. The smallest absolute Gasteiger partial charge is 0.255 e. The Morgan fingerprint density at radius 1 is 0.964 bits per heavy atom. The molecule has 0 fully saturated rings. The van der Waals surface area contributed by atoms with Crippen LogP contribution in [0.4, 0.5) is 5.69 Å². The van der Waals surface area contributed by atoms with E-state index >= 15 is 0 Å². The van der Waals surface area contributed by atoms with E-state index in [0.717, 1.165) is 11.3 Å². The van der Waals surface area contributed by atoms with Crippen LogP contribution < -0.4 is 5.32 Å². The molecule has 2 heterocycles. The predicted octanol–water partition coefficient (Wildman–Crippen LogP) is 3.48. The summed E-state index contributed by atoms with van der Waals surface area (Å²) in [5, 5.41) is 14.0. The average molecular weight is 368 g/mol. The van der Waals surface area contributed by atoms with Gasteiger partial charge in [0, 0.05) is 17.4 Å². The van der Waals surface area contributed by atoms with Crippen molar-refractivity contribution in [1.82, 2.24) is 25.2 Å². The van der Waals surface area contributed by atoms with Crippen LogP contribution in [0.5, 0.6) is 0 Å². The number of pyridine rings is 1. The number of benzene rings is 2. The monoisotopic (exact) mass is 368 g/mol. The number of carbonyl (C=O) groups is 1. The maximum Gasteiger partial charge on any atom is 0.255 e. The summed E-state index contributed by atoms with van der Waals surface area (Å²) in [7, 11) is 0. The number of aromatic nitrogens is 5. The van der Waals surface area contributed by atoms with Crippen molar-refractivity contribution in [2.24, 2.45) is 0 Å². The Bertz CT molecular complexity index is 1110. The topological polar surface area (TPSA) is 85.6 Å². The van der Waals surface area contributed by atoms with E-state index in [0.29, 0.717) is 16.9 Å². The van der Waals surface area contributed by atoms with E-state index in [4.69, 9.17) is 0 Å². The minimum absolute atomic E-state index is 0.208. The first-order chi connectivity index (χ1) is 13.8. The number of hydrogen-bond acceptors (Lipinski definition) is 5. The lowest BCUT2D eigenvalue weighted by molar-refractivity contribution is 0.102. The molecule has 28 heavy (non-hydrogen) atoms. The number of amides is 1. The summed E-state index contributed by atoms with van der Waals surface area (Å²) in [5.74, 6) is -0.208. The van der Waals surface area contributed by atoms with E-state index in [2.05, 4.69) is 25.8 Å². The van der Waals surface area contributed by atoms with Crippen molar-refractivity contribution >= 4 is 23.7 Å². The van der Waals surface area contributed by atoms with Gasteiger partial charge in [-0.3, -0.25) is 9.78 Å². The zero-order valence-electron chi connectivity index (χ0n) is 14.8. The van der Waals surface area contributed by atoms with E-state index in [1.807, 2.05) is 60.7 Å². The fourth-order valence-corrected chi connectivity index (χ4v) is 2.65. The summed E-state index contributed by atoms with van der Waals surface area (Å²) >= 11 is 0. The molecule has 7 nitrogen and oxygen atoms in total. The molecule has 1 amide bonds. The van der Waals surface area contributed by atoms with Gasteiger partial charge in [0.1, 0.15) is 6.33 Å². The van der Waals surface area contributed by atoms with Crippen LogP contribution in [0.25, 0.3) is 17.8 Å². The van der Waals surface area contributed by atoms with E-state index < -0.39 is 0 Å². The Labute approximate surface area is 161 Å². The number of hydrogen-bond donors (Lipinski definition) is 1.